The van der Waals surface area contributed by atoms with Crippen molar-refractivity contribution in [2.24, 2.45) is 7.05 Å². The zero-order chi connectivity index (χ0) is 17.3. The maximum absolute atomic E-state index is 13.8. The van der Waals surface area contributed by atoms with E-state index in [1.165, 1.54) is 16.8 Å². The predicted molar refractivity (Wildman–Crippen MR) is 87.5 cm³/mol. The van der Waals surface area contributed by atoms with Crippen LogP contribution in [0.15, 0.2) is 23.0 Å². The minimum atomic E-state index is -0.484. The normalized spacial score (nSPS) is 17.2. The number of nitrogens with one attached hydrogen (secondary N) is 1. The molecule has 0 saturated heterocycles. The maximum Gasteiger partial charge on any atom is 0.345 e. The van der Waals surface area contributed by atoms with Crippen LogP contribution in [0.3, 0.4) is 0 Å². The molecule has 0 spiro atoms. The highest BCUT2D eigenvalue weighted by Crippen LogP contribution is 2.20. The Labute approximate surface area is 143 Å². The van der Waals surface area contributed by atoms with Crippen LogP contribution in [0, 0.1) is 5.82 Å². The number of benzene rings is 1. The number of aromatic nitrogens is 3. The van der Waals surface area contributed by atoms with Crippen LogP contribution in [0.25, 0.3) is 0 Å². The molecule has 1 amide bonds. The van der Waals surface area contributed by atoms with Gasteiger partial charge in [-0.05, 0) is 25.0 Å². The van der Waals surface area contributed by atoms with Gasteiger partial charge in [0, 0.05) is 36.6 Å². The van der Waals surface area contributed by atoms with Gasteiger partial charge in [-0.25, -0.2) is 13.9 Å². The molecule has 128 valence electrons. The van der Waals surface area contributed by atoms with Crippen LogP contribution in [0.2, 0.25) is 5.02 Å². The van der Waals surface area contributed by atoms with Gasteiger partial charge in [-0.2, -0.15) is 5.10 Å². The van der Waals surface area contributed by atoms with E-state index >= 15 is 0 Å². The Balaban J connectivity index is 1.63. The largest absolute Gasteiger partial charge is 0.353 e. The summed E-state index contributed by atoms with van der Waals surface area (Å²) in [6.07, 6.45) is 1.83. The number of rotatable bonds is 3. The molecule has 2 aromatic rings. The van der Waals surface area contributed by atoms with Crippen LogP contribution in [-0.2, 0) is 31.2 Å². The number of nitrogens with zero attached hydrogens (tertiary/aromatic N) is 3. The van der Waals surface area contributed by atoms with Crippen molar-refractivity contribution in [2.75, 3.05) is 0 Å². The van der Waals surface area contributed by atoms with Crippen molar-refractivity contribution in [2.45, 2.75) is 38.3 Å². The first-order chi connectivity index (χ1) is 11.5. The number of hydrogen-bond acceptors (Lipinski definition) is 3. The van der Waals surface area contributed by atoms with Crippen LogP contribution in [0.1, 0.15) is 24.2 Å². The molecule has 2 heterocycles. The number of aryl methyl sites for hydroxylation is 2. The van der Waals surface area contributed by atoms with Crippen molar-refractivity contribution in [3.63, 3.8) is 0 Å². The molecule has 6 nitrogen and oxygen atoms in total. The summed E-state index contributed by atoms with van der Waals surface area (Å²) in [4.78, 5) is 24.1. The molecule has 24 heavy (non-hydrogen) atoms. The predicted octanol–water partition coefficient (Wildman–Crippen LogP) is 1.44. The van der Waals surface area contributed by atoms with Crippen LogP contribution >= 0.6 is 11.6 Å². The molecule has 1 aromatic heterocycles. The van der Waals surface area contributed by atoms with Crippen molar-refractivity contribution < 1.29 is 9.18 Å². The molecule has 1 aromatic carbocycles. The van der Waals surface area contributed by atoms with E-state index in [2.05, 4.69) is 10.4 Å². The first-order valence-electron chi connectivity index (χ1n) is 7.80. The van der Waals surface area contributed by atoms with E-state index in [0.717, 1.165) is 5.82 Å². The standard InChI is InChI=1S/C16H18ClFN4O2/c1-21-16(24)22-8-7-10(5-6-14(22)20-21)19-15(23)9-11-12(17)3-2-4-13(11)18/h2-4,10H,5-9H2,1H3,(H,19,23). The molecular formula is C16H18ClFN4O2. The molecule has 1 N–H and O–H groups in total. The number of hydrogen-bond donors (Lipinski definition) is 1. The number of carbonyl (C=O) groups excluding carboxylic acids is 1. The lowest BCUT2D eigenvalue weighted by molar-refractivity contribution is -0.121. The number of halogens is 2. The van der Waals surface area contributed by atoms with Gasteiger partial charge < -0.3 is 5.32 Å². The summed E-state index contributed by atoms with van der Waals surface area (Å²) in [6, 6.07) is 4.28. The van der Waals surface area contributed by atoms with Gasteiger partial charge in [0.25, 0.3) is 0 Å². The van der Waals surface area contributed by atoms with E-state index in [1.807, 2.05) is 0 Å². The van der Waals surface area contributed by atoms with Crippen molar-refractivity contribution in [1.29, 1.82) is 0 Å². The molecule has 0 bridgehead atoms. The Hall–Kier alpha value is -2.15. The smallest absolute Gasteiger partial charge is 0.345 e. The SMILES string of the molecule is Cn1nc2n(c1=O)CCC(NC(=O)Cc1c(F)cccc1Cl)CC2. The minimum Gasteiger partial charge on any atom is -0.353 e. The van der Waals surface area contributed by atoms with Gasteiger partial charge in [0.2, 0.25) is 5.91 Å². The third-order valence-corrected chi connectivity index (χ3v) is 4.62. The van der Waals surface area contributed by atoms with E-state index in [4.69, 9.17) is 11.6 Å². The van der Waals surface area contributed by atoms with Crippen LogP contribution in [-0.4, -0.2) is 26.3 Å². The highest BCUT2D eigenvalue weighted by atomic mass is 35.5. The fraction of sp³-hybridized carbons (Fsp3) is 0.438. The molecular weight excluding hydrogens is 335 g/mol. The Morgan fingerprint density at radius 3 is 3.00 bits per heavy atom. The third kappa shape index (κ3) is 3.36. The van der Waals surface area contributed by atoms with Crippen LogP contribution in [0.5, 0.6) is 0 Å². The minimum absolute atomic E-state index is 0.0746. The average Bonchev–Trinajstić information content (AvgIpc) is 2.69. The summed E-state index contributed by atoms with van der Waals surface area (Å²) in [6.45, 7) is 0.507. The van der Waals surface area contributed by atoms with Gasteiger partial charge in [-0.1, -0.05) is 17.7 Å². The molecule has 1 aliphatic heterocycles. The summed E-state index contributed by atoms with van der Waals surface area (Å²) < 4.78 is 16.7. The maximum atomic E-state index is 13.8. The van der Waals surface area contributed by atoms with Gasteiger partial charge in [-0.15, -0.1) is 0 Å². The topological polar surface area (TPSA) is 68.9 Å². The van der Waals surface area contributed by atoms with Crippen molar-refractivity contribution >= 4 is 17.5 Å². The van der Waals surface area contributed by atoms with E-state index in [0.29, 0.717) is 25.8 Å². The second kappa shape index (κ2) is 6.76. The molecule has 1 atom stereocenters. The van der Waals surface area contributed by atoms with E-state index in [9.17, 15) is 14.0 Å². The Morgan fingerprint density at radius 2 is 2.25 bits per heavy atom. The highest BCUT2D eigenvalue weighted by Gasteiger charge is 2.22. The lowest BCUT2D eigenvalue weighted by atomic mass is 10.1. The number of amides is 1. The zero-order valence-electron chi connectivity index (χ0n) is 13.3. The van der Waals surface area contributed by atoms with Crippen molar-refractivity contribution in [3.05, 3.63) is 50.9 Å². The first-order valence-corrected chi connectivity index (χ1v) is 8.18. The molecule has 3 rings (SSSR count). The molecule has 0 aliphatic carbocycles. The lowest BCUT2D eigenvalue weighted by Gasteiger charge is -2.16. The summed E-state index contributed by atoms with van der Waals surface area (Å²) in [5.74, 6) is -0.0296. The molecule has 0 fully saturated rings. The Bertz CT molecular complexity index is 810. The molecule has 0 saturated carbocycles. The van der Waals surface area contributed by atoms with Crippen molar-refractivity contribution in [1.82, 2.24) is 19.7 Å². The van der Waals surface area contributed by atoms with Gasteiger partial charge in [0.05, 0.1) is 6.42 Å². The van der Waals surface area contributed by atoms with E-state index in [1.54, 1.807) is 17.7 Å². The fourth-order valence-electron chi connectivity index (χ4n) is 2.98. The van der Waals surface area contributed by atoms with E-state index < -0.39 is 5.82 Å². The highest BCUT2D eigenvalue weighted by molar-refractivity contribution is 6.31. The second-order valence-corrected chi connectivity index (χ2v) is 6.35. The average molecular weight is 353 g/mol. The summed E-state index contributed by atoms with van der Waals surface area (Å²) >= 11 is 5.95. The molecule has 1 aliphatic rings. The Kier molecular flexibility index (Phi) is 4.71. The van der Waals surface area contributed by atoms with Crippen LogP contribution < -0.4 is 11.0 Å². The Morgan fingerprint density at radius 1 is 1.46 bits per heavy atom. The summed E-state index contributed by atoms with van der Waals surface area (Å²) in [5.41, 5.74) is 0.0576. The first kappa shape index (κ1) is 16.7. The molecule has 1 unspecified atom stereocenters. The van der Waals surface area contributed by atoms with Gasteiger partial charge in [0.1, 0.15) is 11.6 Å². The molecule has 8 heteroatoms. The van der Waals surface area contributed by atoms with Gasteiger partial charge in [-0.3, -0.25) is 9.36 Å². The number of carbonyl (C=O) groups is 1. The van der Waals surface area contributed by atoms with Crippen molar-refractivity contribution in [3.8, 4) is 0 Å². The molecule has 0 radical (unpaired) electrons. The van der Waals surface area contributed by atoms with E-state index in [-0.39, 0.29) is 34.6 Å². The summed E-state index contributed by atoms with van der Waals surface area (Å²) in [7, 11) is 1.63. The lowest BCUT2D eigenvalue weighted by Crippen LogP contribution is -2.36. The number of fused-ring (bicyclic) bond motifs is 1. The zero-order valence-corrected chi connectivity index (χ0v) is 14.0. The second-order valence-electron chi connectivity index (χ2n) is 5.94. The van der Waals surface area contributed by atoms with Crippen LogP contribution in [0.4, 0.5) is 4.39 Å². The fourth-order valence-corrected chi connectivity index (χ4v) is 3.21. The third-order valence-electron chi connectivity index (χ3n) is 4.27. The van der Waals surface area contributed by atoms with Gasteiger partial charge in [0.15, 0.2) is 0 Å². The van der Waals surface area contributed by atoms with Gasteiger partial charge >= 0.3 is 5.69 Å². The quantitative estimate of drug-likeness (QED) is 0.908. The summed E-state index contributed by atoms with van der Waals surface area (Å²) in [5, 5.41) is 7.35. The monoisotopic (exact) mass is 352 g/mol.